The van der Waals surface area contributed by atoms with E-state index in [0.29, 0.717) is 6.61 Å². The molecule has 0 aromatic heterocycles. The lowest BCUT2D eigenvalue weighted by molar-refractivity contribution is 0.0576. The van der Waals surface area contributed by atoms with Gasteiger partial charge in [0.05, 0.1) is 6.61 Å². The van der Waals surface area contributed by atoms with Crippen LogP contribution in [0.4, 0.5) is 5.69 Å². The predicted octanol–water partition coefficient (Wildman–Crippen LogP) is 2.98. The van der Waals surface area contributed by atoms with Crippen molar-refractivity contribution in [1.29, 1.82) is 0 Å². The highest BCUT2D eigenvalue weighted by Gasteiger charge is 2.35. The van der Waals surface area contributed by atoms with Crippen molar-refractivity contribution >= 4 is 17.4 Å². The van der Waals surface area contributed by atoms with E-state index in [9.17, 15) is 5.11 Å². The van der Waals surface area contributed by atoms with Crippen molar-refractivity contribution < 1.29 is 5.11 Å². The molecule has 1 saturated carbocycles. The third-order valence-corrected chi connectivity index (χ3v) is 4.25. The SMILES string of the molecule is CSc1ccc(NCC2(CO)CCC2)cc1. The maximum absolute atomic E-state index is 9.35. The second-order valence-corrected chi connectivity index (χ2v) is 5.47. The van der Waals surface area contributed by atoms with Crippen LogP contribution in [0.5, 0.6) is 0 Å². The smallest absolute Gasteiger partial charge is 0.0504 e. The number of aliphatic hydroxyl groups excluding tert-OH is 1. The number of hydrogen-bond acceptors (Lipinski definition) is 3. The van der Waals surface area contributed by atoms with Gasteiger partial charge in [-0.1, -0.05) is 6.42 Å². The first-order valence-corrected chi connectivity index (χ1v) is 6.99. The van der Waals surface area contributed by atoms with Crippen LogP contribution in [0.3, 0.4) is 0 Å². The number of thioether (sulfide) groups is 1. The van der Waals surface area contributed by atoms with Crippen LogP contribution >= 0.6 is 11.8 Å². The summed E-state index contributed by atoms with van der Waals surface area (Å²) in [5, 5.41) is 12.8. The molecule has 0 aliphatic heterocycles. The van der Waals surface area contributed by atoms with E-state index in [1.165, 1.54) is 11.3 Å². The normalized spacial score (nSPS) is 17.9. The van der Waals surface area contributed by atoms with Gasteiger partial charge in [0.1, 0.15) is 0 Å². The van der Waals surface area contributed by atoms with E-state index in [1.54, 1.807) is 11.8 Å². The van der Waals surface area contributed by atoms with Crippen molar-refractivity contribution in [1.82, 2.24) is 0 Å². The molecule has 1 aromatic rings. The first kappa shape index (κ1) is 11.8. The monoisotopic (exact) mass is 237 g/mol. The van der Waals surface area contributed by atoms with Crippen molar-refractivity contribution in [2.75, 3.05) is 24.7 Å². The predicted molar refractivity (Wildman–Crippen MR) is 70.1 cm³/mol. The van der Waals surface area contributed by atoms with E-state index in [1.807, 2.05) is 0 Å². The number of aliphatic hydroxyl groups is 1. The molecule has 1 aliphatic carbocycles. The number of rotatable bonds is 5. The quantitative estimate of drug-likeness (QED) is 0.772. The Balaban J connectivity index is 1.89. The van der Waals surface area contributed by atoms with Crippen LogP contribution in [-0.2, 0) is 0 Å². The highest BCUT2D eigenvalue weighted by molar-refractivity contribution is 7.98. The second-order valence-electron chi connectivity index (χ2n) is 4.59. The molecule has 1 aliphatic rings. The zero-order valence-corrected chi connectivity index (χ0v) is 10.5. The van der Waals surface area contributed by atoms with Crippen molar-refractivity contribution in [3.05, 3.63) is 24.3 Å². The average Bonchev–Trinajstić information content (AvgIpc) is 2.29. The summed E-state index contributed by atoms with van der Waals surface area (Å²) >= 11 is 1.75. The van der Waals surface area contributed by atoms with Gasteiger partial charge in [-0.3, -0.25) is 0 Å². The van der Waals surface area contributed by atoms with Gasteiger partial charge in [-0.05, 0) is 43.4 Å². The first-order chi connectivity index (χ1) is 7.78. The summed E-state index contributed by atoms with van der Waals surface area (Å²) in [7, 11) is 0. The van der Waals surface area contributed by atoms with Gasteiger partial charge in [-0.25, -0.2) is 0 Å². The number of nitrogens with one attached hydrogen (secondary N) is 1. The zero-order valence-electron chi connectivity index (χ0n) is 9.70. The third-order valence-electron chi connectivity index (χ3n) is 3.51. The molecule has 0 amide bonds. The van der Waals surface area contributed by atoms with Gasteiger partial charge in [0.25, 0.3) is 0 Å². The lowest BCUT2D eigenvalue weighted by atomic mass is 9.69. The molecular formula is C13H19NOS. The Morgan fingerprint density at radius 2 is 2.00 bits per heavy atom. The van der Waals surface area contributed by atoms with Crippen LogP contribution in [0.15, 0.2) is 29.2 Å². The van der Waals surface area contributed by atoms with Crippen molar-refractivity contribution in [3.63, 3.8) is 0 Å². The summed E-state index contributed by atoms with van der Waals surface area (Å²) in [6, 6.07) is 8.46. The minimum absolute atomic E-state index is 0.151. The van der Waals surface area contributed by atoms with Gasteiger partial charge >= 0.3 is 0 Å². The van der Waals surface area contributed by atoms with E-state index >= 15 is 0 Å². The van der Waals surface area contributed by atoms with Gasteiger partial charge in [0, 0.05) is 22.5 Å². The molecule has 2 rings (SSSR count). The summed E-state index contributed by atoms with van der Waals surface area (Å²) in [5.74, 6) is 0. The van der Waals surface area contributed by atoms with Crippen LogP contribution in [0, 0.1) is 5.41 Å². The summed E-state index contributed by atoms with van der Waals surface area (Å²) in [5.41, 5.74) is 1.30. The summed E-state index contributed by atoms with van der Waals surface area (Å²) in [4.78, 5) is 1.28. The fraction of sp³-hybridized carbons (Fsp3) is 0.538. The molecule has 2 nitrogen and oxygen atoms in total. The van der Waals surface area contributed by atoms with E-state index in [4.69, 9.17) is 0 Å². The molecule has 3 heteroatoms. The molecule has 0 saturated heterocycles. The van der Waals surface area contributed by atoms with Crippen molar-refractivity contribution in [3.8, 4) is 0 Å². The molecular weight excluding hydrogens is 218 g/mol. The molecule has 0 bridgehead atoms. The summed E-state index contributed by atoms with van der Waals surface area (Å²) in [6.07, 6.45) is 5.64. The highest BCUT2D eigenvalue weighted by Crippen LogP contribution is 2.40. The molecule has 0 heterocycles. The van der Waals surface area contributed by atoms with Crippen LogP contribution < -0.4 is 5.32 Å². The van der Waals surface area contributed by atoms with E-state index in [2.05, 4.69) is 35.8 Å². The molecule has 1 aromatic carbocycles. The zero-order chi connectivity index (χ0) is 11.4. The van der Waals surface area contributed by atoms with Crippen LogP contribution in [0.1, 0.15) is 19.3 Å². The average molecular weight is 237 g/mol. The largest absolute Gasteiger partial charge is 0.396 e. The Hall–Kier alpha value is -0.670. The molecule has 2 N–H and O–H groups in total. The standard InChI is InChI=1S/C13H19NOS/c1-16-12-5-3-11(4-6-12)14-9-13(10-15)7-2-8-13/h3-6,14-15H,2,7-10H2,1H3. The van der Waals surface area contributed by atoms with Crippen LogP contribution in [0.2, 0.25) is 0 Å². The fourth-order valence-corrected chi connectivity index (χ4v) is 2.47. The number of anilines is 1. The minimum Gasteiger partial charge on any atom is -0.396 e. The highest BCUT2D eigenvalue weighted by atomic mass is 32.2. The summed E-state index contributed by atoms with van der Waals surface area (Å²) < 4.78 is 0. The van der Waals surface area contributed by atoms with Gasteiger partial charge in [0.15, 0.2) is 0 Å². The topological polar surface area (TPSA) is 32.3 Å². The minimum atomic E-state index is 0.151. The molecule has 0 radical (unpaired) electrons. The van der Waals surface area contributed by atoms with E-state index in [-0.39, 0.29) is 5.41 Å². The summed E-state index contributed by atoms with van der Waals surface area (Å²) in [6.45, 7) is 1.20. The van der Waals surface area contributed by atoms with Gasteiger partial charge in [0.2, 0.25) is 0 Å². The molecule has 1 fully saturated rings. The van der Waals surface area contributed by atoms with E-state index in [0.717, 1.165) is 25.1 Å². The number of benzene rings is 1. The van der Waals surface area contributed by atoms with Crippen molar-refractivity contribution in [2.45, 2.75) is 24.2 Å². The Labute approximate surface area is 101 Å². The Kier molecular flexibility index (Phi) is 3.77. The van der Waals surface area contributed by atoms with Gasteiger partial charge in [-0.2, -0.15) is 0 Å². The van der Waals surface area contributed by atoms with Crippen LogP contribution in [0.25, 0.3) is 0 Å². The van der Waals surface area contributed by atoms with E-state index < -0.39 is 0 Å². The maximum atomic E-state index is 9.35. The molecule has 0 atom stereocenters. The fourth-order valence-electron chi connectivity index (χ4n) is 2.07. The maximum Gasteiger partial charge on any atom is 0.0504 e. The molecule has 16 heavy (non-hydrogen) atoms. The Bertz CT molecular complexity index is 327. The molecule has 0 unspecified atom stereocenters. The molecule has 88 valence electrons. The van der Waals surface area contributed by atoms with Gasteiger partial charge in [-0.15, -0.1) is 11.8 Å². The second kappa shape index (κ2) is 5.11. The molecule has 0 spiro atoms. The van der Waals surface area contributed by atoms with Gasteiger partial charge < -0.3 is 10.4 Å². The first-order valence-electron chi connectivity index (χ1n) is 5.77. The lowest BCUT2D eigenvalue weighted by Crippen LogP contribution is -2.39. The third kappa shape index (κ3) is 2.53. The number of hydrogen-bond donors (Lipinski definition) is 2. The Morgan fingerprint density at radius 1 is 1.31 bits per heavy atom. The van der Waals surface area contributed by atoms with Crippen molar-refractivity contribution in [2.24, 2.45) is 5.41 Å². The Morgan fingerprint density at radius 3 is 2.44 bits per heavy atom. The van der Waals surface area contributed by atoms with Crippen LogP contribution in [-0.4, -0.2) is 24.5 Å². The lowest BCUT2D eigenvalue weighted by Gasteiger charge is -2.40.